The molecule has 1 aromatic heterocycles. The molecule has 0 spiro atoms. The summed E-state index contributed by atoms with van der Waals surface area (Å²) in [6.45, 7) is 6.74. The normalized spacial score (nSPS) is 18.1. The van der Waals surface area contributed by atoms with Crippen LogP contribution in [0.25, 0.3) is 0 Å². The highest BCUT2D eigenvalue weighted by molar-refractivity contribution is 6.03. The standard InChI is InChI=1S/C24H26F3N5O3/c1-3-21(34)31-10-5-8-18(13-31)32-20-9-11-30(15(2)33)14-19(20)28-23(32)29-22(35)16-6-4-7-17(12-16)24(25,26)27/h3-4,6-7,12,18H,1,5,8-11,13-14H2,2H3,(H,28,29,35). The number of benzene rings is 1. The second kappa shape index (κ2) is 9.55. The molecule has 8 nitrogen and oxygen atoms in total. The van der Waals surface area contributed by atoms with E-state index in [9.17, 15) is 27.6 Å². The summed E-state index contributed by atoms with van der Waals surface area (Å²) >= 11 is 0. The lowest BCUT2D eigenvalue weighted by Gasteiger charge is -2.35. The van der Waals surface area contributed by atoms with Gasteiger partial charge in [-0.2, -0.15) is 13.2 Å². The Morgan fingerprint density at radius 3 is 2.66 bits per heavy atom. The second-order valence-electron chi connectivity index (χ2n) is 8.71. The van der Waals surface area contributed by atoms with Crippen LogP contribution >= 0.6 is 0 Å². The number of carbonyl (C=O) groups is 3. The van der Waals surface area contributed by atoms with E-state index >= 15 is 0 Å². The number of halogens is 3. The quantitative estimate of drug-likeness (QED) is 0.667. The van der Waals surface area contributed by atoms with Gasteiger partial charge in [-0.05, 0) is 37.1 Å². The maximum Gasteiger partial charge on any atom is 0.416 e. The van der Waals surface area contributed by atoms with Crippen molar-refractivity contribution in [1.29, 1.82) is 0 Å². The van der Waals surface area contributed by atoms with Gasteiger partial charge in [0, 0.05) is 44.2 Å². The van der Waals surface area contributed by atoms with Gasteiger partial charge in [-0.25, -0.2) is 4.98 Å². The predicted molar refractivity (Wildman–Crippen MR) is 121 cm³/mol. The molecule has 0 saturated carbocycles. The minimum absolute atomic E-state index is 0.0971. The van der Waals surface area contributed by atoms with Crippen LogP contribution in [-0.2, 0) is 28.7 Å². The zero-order valence-corrected chi connectivity index (χ0v) is 19.3. The minimum atomic E-state index is -4.58. The number of hydrogen-bond acceptors (Lipinski definition) is 4. The van der Waals surface area contributed by atoms with Gasteiger partial charge in [-0.3, -0.25) is 19.7 Å². The molecule has 1 unspecified atom stereocenters. The Balaban J connectivity index is 1.68. The molecule has 0 radical (unpaired) electrons. The maximum absolute atomic E-state index is 13.1. The molecular weight excluding hydrogens is 463 g/mol. The fourth-order valence-corrected chi connectivity index (χ4v) is 4.66. The van der Waals surface area contributed by atoms with E-state index in [-0.39, 0.29) is 35.9 Å². The number of nitrogens with zero attached hydrogens (tertiary/aromatic N) is 4. The number of anilines is 1. The lowest BCUT2D eigenvalue weighted by molar-refractivity contribution is -0.137. The van der Waals surface area contributed by atoms with Crippen LogP contribution in [0, 0.1) is 0 Å². The first-order chi connectivity index (χ1) is 16.6. The van der Waals surface area contributed by atoms with Crippen LogP contribution in [0.5, 0.6) is 0 Å². The topological polar surface area (TPSA) is 87.5 Å². The number of amides is 3. The van der Waals surface area contributed by atoms with Gasteiger partial charge < -0.3 is 14.4 Å². The van der Waals surface area contributed by atoms with E-state index in [0.717, 1.165) is 30.7 Å². The molecule has 186 valence electrons. The molecule has 1 saturated heterocycles. The van der Waals surface area contributed by atoms with E-state index in [1.807, 2.05) is 4.57 Å². The fraction of sp³-hybridized carbons (Fsp3) is 0.417. The lowest BCUT2D eigenvalue weighted by atomic mass is 10.0. The molecule has 0 bridgehead atoms. The summed E-state index contributed by atoms with van der Waals surface area (Å²) < 4.78 is 41.3. The van der Waals surface area contributed by atoms with Crippen molar-refractivity contribution in [2.45, 2.75) is 44.9 Å². The van der Waals surface area contributed by atoms with Gasteiger partial charge in [-0.15, -0.1) is 0 Å². The molecule has 1 fully saturated rings. The number of carbonyl (C=O) groups excluding carboxylic acids is 3. The SMILES string of the molecule is C=CC(=O)N1CCCC(n2c(NC(=O)c3cccc(C(F)(F)F)c3)nc3c2CCN(C(C)=O)C3)C1. The number of fused-ring (bicyclic) bond motifs is 1. The van der Waals surface area contributed by atoms with E-state index in [1.54, 1.807) is 9.80 Å². The van der Waals surface area contributed by atoms with Gasteiger partial charge in [0.05, 0.1) is 23.8 Å². The summed E-state index contributed by atoms with van der Waals surface area (Å²) in [5.74, 6) is -0.820. The van der Waals surface area contributed by atoms with Gasteiger partial charge in [-0.1, -0.05) is 12.6 Å². The largest absolute Gasteiger partial charge is 0.416 e. The van der Waals surface area contributed by atoms with Gasteiger partial charge >= 0.3 is 6.18 Å². The molecule has 2 aromatic rings. The molecule has 35 heavy (non-hydrogen) atoms. The van der Waals surface area contributed by atoms with Gasteiger partial charge in [0.25, 0.3) is 5.91 Å². The molecular formula is C24H26F3N5O3. The van der Waals surface area contributed by atoms with Crippen molar-refractivity contribution in [3.8, 4) is 0 Å². The first-order valence-electron chi connectivity index (χ1n) is 11.3. The minimum Gasteiger partial charge on any atom is -0.337 e. The summed E-state index contributed by atoms with van der Waals surface area (Å²) in [6, 6.07) is 4.00. The highest BCUT2D eigenvalue weighted by Crippen LogP contribution is 2.33. The third-order valence-electron chi connectivity index (χ3n) is 6.42. The van der Waals surface area contributed by atoms with E-state index in [1.165, 1.54) is 25.1 Å². The fourth-order valence-electron chi connectivity index (χ4n) is 4.66. The molecule has 3 amide bonds. The number of likely N-dealkylation sites (tertiary alicyclic amines) is 1. The number of aromatic nitrogens is 2. The van der Waals surface area contributed by atoms with Crippen LogP contribution in [0.2, 0.25) is 0 Å². The van der Waals surface area contributed by atoms with Crippen LogP contribution < -0.4 is 5.32 Å². The summed E-state index contributed by atoms with van der Waals surface area (Å²) in [5, 5.41) is 2.68. The van der Waals surface area contributed by atoms with Crippen LogP contribution in [0.15, 0.2) is 36.9 Å². The molecule has 3 heterocycles. The molecule has 1 N–H and O–H groups in total. The Labute approximate surface area is 200 Å². The molecule has 1 aromatic carbocycles. The smallest absolute Gasteiger partial charge is 0.337 e. The Hall–Kier alpha value is -3.63. The van der Waals surface area contributed by atoms with Crippen molar-refractivity contribution in [2.24, 2.45) is 0 Å². The Morgan fingerprint density at radius 2 is 1.97 bits per heavy atom. The van der Waals surface area contributed by atoms with Crippen molar-refractivity contribution in [1.82, 2.24) is 19.4 Å². The molecule has 2 aliphatic heterocycles. The highest BCUT2D eigenvalue weighted by atomic mass is 19.4. The predicted octanol–water partition coefficient (Wildman–Crippen LogP) is 3.41. The van der Waals surface area contributed by atoms with Gasteiger partial charge in [0.1, 0.15) is 0 Å². The van der Waals surface area contributed by atoms with Crippen LogP contribution in [-0.4, -0.2) is 56.7 Å². The number of nitrogens with one attached hydrogen (secondary N) is 1. The van der Waals surface area contributed by atoms with E-state index < -0.39 is 17.6 Å². The molecule has 0 aliphatic carbocycles. The van der Waals surface area contributed by atoms with Crippen molar-refractivity contribution >= 4 is 23.7 Å². The molecule has 2 aliphatic rings. The first-order valence-corrected chi connectivity index (χ1v) is 11.3. The van der Waals surface area contributed by atoms with E-state index in [2.05, 4.69) is 16.9 Å². The Kier molecular flexibility index (Phi) is 6.68. The maximum atomic E-state index is 13.1. The van der Waals surface area contributed by atoms with Gasteiger partial charge in [0.2, 0.25) is 17.8 Å². The van der Waals surface area contributed by atoms with Gasteiger partial charge in [0.15, 0.2) is 0 Å². The van der Waals surface area contributed by atoms with E-state index in [0.29, 0.717) is 31.7 Å². The summed E-state index contributed by atoms with van der Waals surface area (Å²) in [6.07, 6.45) is -1.35. The third-order valence-corrected chi connectivity index (χ3v) is 6.42. The number of hydrogen-bond donors (Lipinski definition) is 1. The summed E-state index contributed by atoms with van der Waals surface area (Å²) in [5.41, 5.74) is 0.401. The first kappa shape index (κ1) is 24.5. The van der Waals surface area contributed by atoms with Crippen molar-refractivity contribution in [2.75, 3.05) is 25.0 Å². The van der Waals surface area contributed by atoms with Crippen LogP contribution in [0.3, 0.4) is 0 Å². The molecule has 1 atom stereocenters. The van der Waals surface area contributed by atoms with E-state index in [4.69, 9.17) is 0 Å². The Morgan fingerprint density at radius 1 is 1.20 bits per heavy atom. The number of alkyl halides is 3. The zero-order chi connectivity index (χ0) is 25.3. The number of piperidine rings is 1. The highest BCUT2D eigenvalue weighted by Gasteiger charge is 2.33. The molecule has 11 heteroatoms. The van der Waals surface area contributed by atoms with Crippen LogP contribution in [0.4, 0.5) is 19.1 Å². The summed E-state index contributed by atoms with van der Waals surface area (Å²) in [7, 11) is 0. The Bertz CT molecular complexity index is 1170. The average molecular weight is 489 g/mol. The summed E-state index contributed by atoms with van der Waals surface area (Å²) in [4.78, 5) is 45.0. The molecule has 4 rings (SSSR count). The van der Waals surface area contributed by atoms with Crippen molar-refractivity contribution in [3.63, 3.8) is 0 Å². The monoisotopic (exact) mass is 489 g/mol. The number of rotatable bonds is 4. The third kappa shape index (κ3) is 5.08. The van der Waals surface area contributed by atoms with Crippen molar-refractivity contribution in [3.05, 3.63) is 59.4 Å². The zero-order valence-electron chi connectivity index (χ0n) is 19.3. The lowest BCUT2D eigenvalue weighted by Crippen LogP contribution is -2.41. The average Bonchev–Trinajstić information content (AvgIpc) is 3.20. The van der Waals surface area contributed by atoms with Crippen molar-refractivity contribution < 1.29 is 27.6 Å². The van der Waals surface area contributed by atoms with Crippen LogP contribution in [0.1, 0.15) is 53.1 Å². The second-order valence-corrected chi connectivity index (χ2v) is 8.71. The number of imidazole rings is 1.